The maximum Gasteiger partial charge on any atom is 0.253 e. The summed E-state index contributed by atoms with van der Waals surface area (Å²) >= 11 is 6.50. The van der Waals surface area contributed by atoms with Crippen molar-refractivity contribution in [1.29, 1.82) is 0 Å². The Kier molecular flexibility index (Phi) is 7.68. The number of carbonyl (C=O) groups is 1. The highest BCUT2D eigenvalue weighted by Gasteiger charge is 2.39. The van der Waals surface area contributed by atoms with E-state index in [0.717, 1.165) is 35.5 Å². The zero-order valence-electron chi connectivity index (χ0n) is 21.7. The van der Waals surface area contributed by atoms with Crippen molar-refractivity contribution in [2.45, 2.75) is 58.2 Å². The maximum absolute atomic E-state index is 12.9. The lowest BCUT2D eigenvalue weighted by molar-refractivity contribution is 0.0773. The Balaban J connectivity index is 1.48. The van der Waals surface area contributed by atoms with Gasteiger partial charge in [-0.3, -0.25) is 9.69 Å². The van der Waals surface area contributed by atoms with Gasteiger partial charge in [0.1, 0.15) is 5.75 Å². The lowest BCUT2D eigenvalue weighted by atomic mass is 9.85. The van der Waals surface area contributed by atoms with Crippen LogP contribution >= 0.6 is 11.6 Å². The molecular weight excluding hydrogens is 480 g/mol. The summed E-state index contributed by atoms with van der Waals surface area (Å²) in [6.07, 6.45) is 4.35. The van der Waals surface area contributed by atoms with E-state index in [9.17, 15) is 9.90 Å². The lowest BCUT2D eigenvalue weighted by Gasteiger charge is -2.37. The zero-order valence-corrected chi connectivity index (χ0v) is 22.4. The monoisotopic (exact) mass is 514 g/mol. The number of aromatic hydroxyl groups is 1. The van der Waals surface area contributed by atoms with E-state index in [1.807, 2.05) is 55.1 Å². The Morgan fingerprint density at radius 2 is 1.54 bits per heavy atom. The van der Waals surface area contributed by atoms with E-state index in [0.29, 0.717) is 30.7 Å². The average Bonchev–Trinajstić information content (AvgIpc) is 3.13. The van der Waals surface area contributed by atoms with Crippen molar-refractivity contribution >= 4 is 23.1 Å². The first-order chi connectivity index (χ1) is 18.0. The third-order valence-corrected chi connectivity index (χ3v) is 8.37. The standard InChI is InChI=1S/C32H35ClN2O2/c1-3-34(4-2)32(37)23-14-12-22(13-15-23)31(24-9-7-10-29(36)20-24)26-18-27-16-17-28(19-26)35(27)21-25-8-5-6-11-30(25)33/h5-15,20,27-28,36H,3-4,16-19,21H2,1-2H3. The minimum atomic E-state index is 0.0639. The summed E-state index contributed by atoms with van der Waals surface area (Å²) in [6.45, 7) is 6.29. The van der Waals surface area contributed by atoms with Crippen LogP contribution in [0.4, 0.5) is 0 Å². The van der Waals surface area contributed by atoms with Crippen LogP contribution in [0.3, 0.4) is 0 Å². The van der Waals surface area contributed by atoms with Crippen LogP contribution in [0.2, 0.25) is 5.02 Å². The smallest absolute Gasteiger partial charge is 0.253 e. The molecule has 2 fully saturated rings. The maximum atomic E-state index is 12.9. The van der Waals surface area contributed by atoms with Gasteiger partial charge in [-0.15, -0.1) is 0 Å². The third kappa shape index (κ3) is 5.32. The van der Waals surface area contributed by atoms with Crippen molar-refractivity contribution in [2.75, 3.05) is 13.1 Å². The summed E-state index contributed by atoms with van der Waals surface area (Å²) in [5, 5.41) is 11.1. The van der Waals surface area contributed by atoms with E-state index >= 15 is 0 Å². The second-order valence-electron chi connectivity index (χ2n) is 10.1. The number of phenols is 1. The number of carbonyl (C=O) groups excluding carboxylic acids is 1. The molecule has 0 radical (unpaired) electrons. The highest BCUT2D eigenvalue weighted by atomic mass is 35.5. The van der Waals surface area contributed by atoms with Crippen LogP contribution in [0.5, 0.6) is 5.75 Å². The average molecular weight is 515 g/mol. The molecular formula is C32H35ClN2O2. The number of nitrogens with zero attached hydrogens (tertiary/aromatic N) is 2. The first-order valence-corrected chi connectivity index (χ1v) is 13.8. The molecule has 2 unspecified atom stereocenters. The van der Waals surface area contributed by atoms with Crippen molar-refractivity contribution in [3.05, 3.63) is 106 Å². The normalized spacial score (nSPS) is 19.2. The van der Waals surface area contributed by atoms with Gasteiger partial charge in [-0.2, -0.15) is 0 Å². The van der Waals surface area contributed by atoms with Crippen LogP contribution in [-0.2, 0) is 6.54 Å². The van der Waals surface area contributed by atoms with Gasteiger partial charge in [-0.25, -0.2) is 0 Å². The van der Waals surface area contributed by atoms with Gasteiger partial charge >= 0.3 is 0 Å². The number of phenolic OH excluding ortho intramolecular Hbond substituents is 1. The predicted octanol–water partition coefficient (Wildman–Crippen LogP) is 7.16. The van der Waals surface area contributed by atoms with Crippen LogP contribution in [-0.4, -0.2) is 46.0 Å². The molecule has 3 aromatic carbocycles. The SMILES string of the molecule is CCN(CC)C(=O)c1ccc(C(=C2CC3CCC(C2)N3Cc2ccccc2Cl)c2cccc(O)c2)cc1. The molecule has 2 atom stereocenters. The predicted molar refractivity (Wildman–Crippen MR) is 151 cm³/mol. The van der Waals surface area contributed by atoms with Crippen LogP contribution in [0.1, 0.15) is 66.6 Å². The molecule has 37 heavy (non-hydrogen) atoms. The summed E-state index contributed by atoms with van der Waals surface area (Å²) in [7, 11) is 0. The molecule has 0 aromatic heterocycles. The van der Waals surface area contributed by atoms with Gasteiger partial charge in [0.15, 0.2) is 0 Å². The fourth-order valence-electron chi connectivity index (χ4n) is 6.10. The van der Waals surface area contributed by atoms with Gasteiger partial charge < -0.3 is 10.0 Å². The third-order valence-electron chi connectivity index (χ3n) is 8.01. The number of benzene rings is 3. The first-order valence-electron chi connectivity index (χ1n) is 13.4. The van der Waals surface area contributed by atoms with Gasteiger partial charge in [-0.1, -0.05) is 59.6 Å². The first kappa shape index (κ1) is 25.6. The molecule has 5 rings (SSSR count). The van der Waals surface area contributed by atoms with Crippen molar-refractivity contribution in [3.8, 4) is 5.75 Å². The lowest BCUT2D eigenvalue weighted by Crippen LogP contribution is -2.40. The molecule has 0 saturated carbocycles. The van der Waals surface area contributed by atoms with E-state index < -0.39 is 0 Å². The number of fused-ring (bicyclic) bond motifs is 2. The molecule has 0 aliphatic carbocycles. The molecule has 1 N–H and O–H groups in total. The van der Waals surface area contributed by atoms with Crippen molar-refractivity contribution < 1.29 is 9.90 Å². The quantitative estimate of drug-likeness (QED) is 0.364. The number of rotatable bonds is 7. The van der Waals surface area contributed by atoms with Crippen molar-refractivity contribution in [2.24, 2.45) is 0 Å². The molecule has 192 valence electrons. The minimum Gasteiger partial charge on any atom is -0.508 e. The highest BCUT2D eigenvalue weighted by molar-refractivity contribution is 6.31. The van der Waals surface area contributed by atoms with Gasteiger partial charge in [-0.05, 0) is 92.1 Å². The highest BCUT2D eigenvalue weighted by Crippen LogP contribution is 2.44. The van der Waals surface area contributed by atoms with E-state index in [-0.39, 0.29) is 11.7 Å². The van der Waals surface area contributed by atoms with Gasteiger partial charge in [0.05, 0.1) is 0 Å². The summed E-state index contributed by atoms with van der Waals surface area (Å²) in [5.74, 6) is 0.331. The van der Waals surface area contributed by atoms with Crippen LogP contribution < -0.4 is 0 Å². The Morgan fingerprint density at radius 3 is 2.16 bits per heavy atom. The van der Waals surface area contributed by atoms with Crippen molar-refractivity contribution in [1.82, 2.24) is 9.80 Å². The number of hydrogen-bond acceptors (Lipinski definition) is 3. The number of halogens is 1. The molecule has 2 saturated heterocycles. The molecule has 5 heteroatoms. The fraction of sp³-hybridized carbons (Fsp3) is 0.344. The van der Waals surface area contributed by atoms with E-state index in [4.69, 9.17) is 11.6 Å². The topological polar surface area (TPSA) is 43.8 Å². The van der Waals surface area contributed by atoms with Gasteiger partial charge in [0.2, 0.25) is 0 Å². The Morgan fingerprint density at radius 1 is 0.892 bits per heavy atom. The molecule has 2 aliphatic heterocycles. The van der Waals surface area contributed by atoms with Gasteiger partial charge in [0, 0.05) is 42.3 Å². The molecule has 0 spiro atoms. The fourth-order valence-corrected chi connectivity index (χ4v) is 6.30. The minimum absolute atomic E-state index is 0.0639. The molecule has 2 heterocycles. The van der Waals surface area contributed by atoms with E-state index in [1.54, 1.807) is 6.07 Å². The summed E-state index contributed by atoms with van der Waals surface area (Å²) < 4.78 is 0. The second-order valence-corrected chi connectivity index (χ2v) is 10.5. The Labute approximate surface area is 225 Å². The Bertz CT molecular complexity index is 1280. The zero-order chi connectivity index (χ0) is 25.9. The van der Waals surface area contributed by atoms with Crippen LogP contribution in [0.15, 0.2) is 78.4 Å². The molecule has 2 bridgehead atoms. The van der Waals surface area contributed by atoms with E-state index in [2.05, 4.69) is 35.2 Å². The van der Waals surface area contributed by atoms with Crippen LogP contribution in [0, 0.1) is 0 Å². The molecule has 4 nitrogen and oxygen atoms in total. The summed E-state index contributed by atoms with van der Waals surface area (Å²) in [6, 6.07) is 24.7. The number of piperidine rings is 1. The number of amides is 1. The van der Waals surface area contributed by atoms with Crippen molar-refractivity contribution in [3.63, 3.8) is 0 Å². The molecule has 2 aliphatic rings. The largest absolute Gasteiger partial charge is 0.508 e. The molecule has 3 aromatic rings. The van der Waals surface area contributed by atoms with Gasteiger partial charge in [0.25, 0.3) is 5.91 Å². The van der Waals surface area contributed by atoms with E-state index in [1.165, 1.54) is 29.6 Å². The number of hydrogen-bond donors (Lipinski definition) is 1. The summed E-state index contributed by atoms with van der Waals surface area (Å²) in [5.41, 5.74) is 6.63. The second kappa shape index (κ2) is 11.1. The Hall–Kier alpha value is -3.08. The summed E-state index contributed by atoms with van der Waals surface area (Å²) in [4.78, 5) is 17.4. The molecule has 1 amide bonds. The van der Waals surface area contributed by atoms with Crippen LogP contribution in [0.25, 0.3) is 5.57 Å².